The van der Waals surface area contributed by atoms with Gasteiger partial charge in [0.1, 0.15) is 11.6 Å². The lowest BCUT2D eigenvalue weighted by Gasteiger charge is -2.02. The second kappa shape index (κ2) is 7.54. The number of carbonyl (C=O) groups excluding carboxylic acids is 1. The Morgan fingerprint density at radius 2 is 2.26 bits per heavy atom. The van der Waals surface area contributed by atoms with Gasteiger partial charge in [0, 0.05) is 17.6 Å². The molecule has 1 aromatic heterocycles. The number of hydrogen-bond donors (Lipinski definition) is 2. The van der Waals surface area contributed by atoms with Crippen molar-refractivity contribution in [1.29, 1.82) is 5.26 Å². The number of nitrogens with zero attached hydrogens (tertiary/aromatic N) is 2. The summed E-state index contributed by atoms with van der Waals surface area (Å²) in [5.74, 6) is -0.353. The number of aromatic nitrogens is 1. The minimum Gasteiger partial charge on any atom is -0.351 e. The van der Waals surface area contributed by atoms with E-state index in [2.05, 4.69) is 15.6 Å². The van der Waals surface area contributed by atoms with Gasteiger partial charge in [-0.05, 0) is 20.3 Å². The molecule has 0 aliphatic carbocycles. The third kappa shape index (κ3) is 4.72. The number of anilines is 1. The van der Waals surface area contributed by atoms with E-state index >= 15 is 0 Å². The summed E-state index contributed by atoms with van der Waals surface area (Å²) in [6.07, 6.45) is 3.31. The van der Waals surface area contributed by atoms with Crippen molar-refractivity contribution in [3.05, 3.63) is 22.3 Å². The fraction of sp³-hybridized carbons (Fsp3) is 0.462. The van der Waals surface area contributed by atoms with Crippen LogP contribution < -0.4 is 10.6 Å². The zero-order valence-corrected chi connectivity index (χ0v) is 12.2. The van der Waals surface area contributed by atoms with Crippen molar-refractivity contribution in [3.63, 3.8) is 0 Å². The highest BCUT2D eigenvalue weighted by Crippen LogP contribution is 2.21. The van der Waals surface area contributed by atoms with E-state index in [1.165, 1.54) is 17.5 Å². The number of unbranched alkanes of at least 4 members (excludes halogenated alkanes) is 1. The van der Waals surface area contributed by atoms with E-state index in [0.717, 1.165) is 23.4 Å². The van der Waals surface area contributed by atoms with E-state index in [9.17, 15) is 4.79 Å². The Hall–Kier alpha value is -1.87. The number of nitriles is 1. The van der Waals surface area contributed by atoms with Crippen molar-refractivity contribution in [3.8, 4) is 6.07 Å². The molecule has 1 amide bonds. The fourth-order valence-electron chi connectivity index (χ4n) is 1.29. The van der Waals surface area contributed by atoms with Crippen LogP contribution in [-0.2, 0) is 4.79 Å². The summed E-state index contributed by atoms with van der Waals surface area (Å²) in [5.41, 5.74) is 1.01. The van der Waals surface area contributed by atoms with Gasteiger partial charge in [-0.25, -0.2) is 4.98 Å². The van der Waals surface area contributed by atoms with Crippen molar-refractivity contribution in [2.45, 2.75) is 33.6 Å². The van der Waals surface area contributed by atoms with E-state index in [-0.39, 0.29) is 11.5 Å². The number of nitrogens with one attached hydrogen (secondary N) is 2. The number of thiazole rings is 1. The lowest BCUT2D eigenvalue weighted by molar-refractivity contribution is -0.117. The average molecular weight is 278 g/mol. The first-order valence-corrected chi connectivity index (χ1v) is 6.99. The van der Waals surface area contributed by atoms with Crippen molar-refractivity contribution in [2.75, 3.05) is 11.9 Å². The zero-order valence-electron chi connectivity index (χ0n) is 11.4. The van der Waals surface area contributed by atoms with Gasteiger partial charge in [0.2, 0.25) is 0 Å². The smallest absolute Gasteiger partial charge is 0.263 e. The second-order valence-corrected chi connectivity index (χ2v) is 5.29. The summed E-state index contributed by atoms with van der Waals surface area (Å²) in [6.45, 7) is 6.53. The molecular weight excluding hydrogens is 260 g/mol. The summed E-state index contributed by atoms with van der Waals surface area (Å²) < 4.78 is 0. The molecule has 1 heterocycles. The largest absolute Gasteiger partial charge is 0.351 e. The highest BCUT2D eigenvalue weighted by atomic mass is 32.1. The van der Waals surface area contributed by atoms with Gasteiger partial charge in [-0.2, -0.15) is 5.26 Å². The summed E-state index contributed by atoms with van der Waals surface area (Å²) >= 11 is 1.49. The molecule has 0 aliphatic rings. The molecule has 5 nitrogen and oxygen atoms in total. The van der Waals surface area contributed by atoms with Gasteiger partial charge < -0.3 is 10.6 Å². The maximum atomic E-state index is 11.7. The number of amides is 1. The Labute approximate surface area is 117 Å². The molecule has 0 aromatic carbocycles. The molecule has 0 radical (unpaired) electrons. The van der Waals surface area contributed by atoms with Gasteiger partial charge in [-0.1, -0.05) is 13.3 Å². The monoisotopic (exact) mass is 278 g/mol. The van der Waals surface area contributed by atoms with Crippen molar-refractivity contribution in [1.82, 2.24) is 10.3 Å². The minimum atomic E-state index is -0.353. The predicted octanol–water partition coefficient (Wildman–Crippen LogP) is 2.50. The SMILES string of the molecule is CCCCNC(=O)/C(C#N)=C\Nc1nc(C)c(C)s1. The molecule has 2 N–H and O–H groups in total. The summed E-state index contributed by atoms with van der Waals surface area (Å²) in [5, 5.41) is 15.2. The van der Waals surface area contributed by atoms with Crippen LogP contribution in [0, 0.1) is 25.2 Å². The Morgan fingerprint density at radius 1 is 1.53 bits per heavy atom. The van der Waals surface area contributed by atoms with Crippen LogP contribution in [0.3, 0.4) is 0 Å². The van der Waals surface area contributed by atoms with Crippen molar-refractivity contribution in [2.24, 2.45) is 0 Å². The fourth-order valence-corrected chi connectivity index (χ4v) is 2.07. The van der Waals surface area contributed by atoms with E-state index in [1.54, 1.807) is 0 Å². The normalized spacial score (nSPS) is 10.9. The van der Waals surface area contributed by atoms with Gasteiger partial charge in [0.05, 0.1) is 5.69 Å². The lowest BCUT2D eigenvalue weighted by atomic mass is 10.3. The molecule has 0 bridgehead atoms. The van der Waals surface area contributed by atoms with Gasteiger partial charge in [0.15, 0.2) is 5.13 Å². The maximum absolute atomic E-state index is 11.7. The van der Waals surface area contributed by atoms with Crippen LogP contribution in [0.4, 0.5) is 5.13 Å². The van der Waals surface area contributed by atoms with Crippen LogP contribution in [0.5, 0.6) is 0 Å². The van der Waals surface area contributed by atoms with Gasteiger partial charge in [-0.3, -0.25) is 4.79 Å². The summed E-state index contributed by atoms with van der Waals surface area (Å²) in [4.78, 5) is 17.1. The molecule has 0 atom stereocenters. The van der Waals surface area contributed by atoms with Gasteiger partial charge >= 0.3 is 0 Å². The number of carbonyl (C=O) groups is 1. The predicted molar refractivity (Wildman–Crippen MR) is 76.8 cm³/mol. The Kier molecular flexibility index (Phi) is 6.03. The maximum Gasteiger partial charge on any atom is 0.263 e. The van der Waals surface area contributed by atoms with Gasteiger partial charge in [0.25, 0.3) is 5.91 Å². The van der Waals surface area contributed by atoms with Crippen LogP contribution in [0.1, 0.15) is 30.3 Å². The minimum absolute atomic E-state index is 0.0570. The molecular formula is C13H18N4OS. The number of hydrogen-bond acceptors (Lipinski definition) is 5. The third-order valence-corrected chi connectivity index (χ3v) is 3.55. The molecule has 19 heavy (non-hydrogen) atoms. The first-order valence-electron chi connectivity index (χ1n) is 6.17. The van der Waals surface area contributed by atoms with Crippen LogP contribution in [0.2, 0.25) is 0 Å². The van der Waals surface area contributed by atoms with Crippen LogP contribution in [0.15, 0.2) is 11.8 Å². The molecule has 1 rings (SSSR count). The Balaban J connectivity index is 2.61. The van der Waals surface area contributed by atoms with Crippen LogP contribution >= 0.6 is 11.3 Å². The molecule has 0 saturated carbocycles. The molecule has 102 valence electrons. The van der Waals surface area contributed by atoms with Crippen LogP contribution in [-0.4, -0.2) is 17.4 Å². The summed E-state index contributed by atoms with van der Waals surface area (Å²) in [6, 6.07) is 1.88. The topological polar surface area (TPSA) is 77.8 Å². The second-order valence-electron chi connectivity index (χ2n) is 4.08. The van der Waals surface area contributed by atoms with Crippen LogP contribution in [0.25, 0.3) is 0 Å². The molecule has 0 spiro atoms. The zero-order chi connectivity index (χ0) is 14.3. The Bertz CT molecular complexity index is 494. The molecule has 1 aromatic rings. The molecule has 0 saturated heterocycles. The lowest BCUT2D eigenvalue weighted by Crippen LogP contribution is -2.25. The van der Waals surface area contributed by atoms with E-state index in [1.807, 2.05) is 26.8 Å². The standard InChI is InChI=1S/C13H18N4OS/c1-4-5-6-15-12(18)11(7-14)8-16-13-17-9(2)10(3)19-13/h8H,4-6H2,1-3H3,(H,15,18)(H,16,17)/b11-8-. The molecule has 0 aliphatic heterocycles. The van der Waals surface area contributed by atoms with Crippen molar-refractivity contribution >= 4 is 22.4 Å². The van der Waals surface area contributed by atoms with E-state index in [4.69, 9.17) is 5.26 Å². The number of rotatable bonds is 6. The van der Waals surface area contributed by atoms with E-state index in [0.29, 0.717) is 11.7 Å². The Morgan fingerprint density at radius 3 is 2.79 bits per heavy atom. The highest BCUT2D eigenvalue weighted by Gasteiger charge is 2.08. The van der Waals surface area contributed by atoms with E-state index < -0.39 is 0 Å². The first kappa shape index (κ1) is 15.2. The van der Waals surface area contributed by atoms with Gasteiger partial charge in [-0.15, -0.1) is 11.3 Å². The summed E-state index contributed by atoms with van der Waals surface area (Å²) in [7, 11) is 0. The highest BCUT2D eigenvalue weighted by molar-refractivity contribution is 7.15. The average Bonchev–Trinajstić information content (AvgIpc) is 2.70. The molecule has 0 unspecified atom stereocenters. The van der Waals surface area contributed by atoms with Crippen molar-refractivity contribution < 1.29 is 4.79 Å². The third-order valence-electron chi connectivity index (χ3n) is 2.55. The number of aryl methyl sites for hydroxylation is 2. The first-order chi connectivity index (χ1) is 9.08. The molecule has 0 fully saturated rings. The quantitative estimate of drug-likeness (QED) is 0.476. The molecule has 6 heteroatoms.